The normalized spacial score (nSPS) is 13.7. The molecule has 2 N–H and O–H groups in total. The largest absolute Gasteiger partial charge is 0.392 e. The second-order valence-corrected chi connectivity index (χ2v) is 5.91. The molecule has 0 amide bonds. The van der Waals surface area contributed by atoms with Crippen molar-refractivity contribution >= 4 is 9.84 Å². The topological polar surface area (TPSA) is 66.4 Å². The summed E-state index contributed by atoms with van der Waals surface area (Å²) in [5.74, 6) is 0. The number of aliphatic hydroxyl groups excluding tert-OH is 1. The minimum atomic E-state index is -3.11. The van der Waals surface area contributed by atoms with E-state index in [0.717, 1.165) is 5.56 Å². The first kappa shape index (κ1) is 13.2. The Bertz CT molecular complexity index is 423. The molecule has 0 saturated heterocycles. The molecule has 1 aromatic rings. The smallest absolute Gasteiger partial charge is 0.175 e. The van der Waals surface area contributed by atoms with E-state index in [1.54, 1.807) is 31.2 Å². The first-order chi connectivity index (χ1) is 7.39. The molecule has 0 aromatic heterocycles. The van der Waals surface area contributed by atoms with E-state index in [9.17, 15) is 8.42 Å². The van der Waals surface area contributed by atoms with Crippen LogP contribution in [-0.2, 0) is 16.4 Å². The van der Waals surface area contributed by atoms with Crippen LogP contribution in [0.3, 0.4) is 0 Å². The van der Waals surface area contributed by atoms with Gasteiger partial charge in [0.25, 0.3) is 0 Å². The maximum atomic E-state index is 11.2. The Morgan fingerprint density at radius 1 is 1.31 bits per heavy atom. The predicted molar refractivity (Wildman–Crippen MR) is 62.9 cm³/mol. The van der Waals surface area contributed by atoms with E-state index < -0.39 is 9.84 Å². The minimum Gasteiger partial charge on any atom is -0.392 e. The van der Waals surface area contributed by atoms with Crippen molar-refractivity contribution in [2.75, 3.05) is 12.8 Å². The van der Waals surface area contributed by atoms with Crippen LogP contribution in [0.5, 0.6) is 0 Å². The molecule has 0 saturated carbocycles. The van der Waals surface area contributed by atoms with Gasteiger partial charge in [-0.15, -0.1) is 0 Å². The number of sulfone groups is 1. The van der Waals surface area contributed by atoms with Crippen LogP contribution in [0.25, 0.3) is 0 Å². The van der Waals surface area contributed by atoms with Gasteiger partial charge in [-0.05, 0) is 24.6 Å². The van der Waals surface area contributed by atoms with Crippen molar-refractivity contribution in [3.8, 4) is 0 Å². The Labute approximate surface area is 96.2 Å². The zero-order chi connectivity index (χ0) is 12.2. The predicted octanol–water partition coefficient (Wildman–Crippen LogP) is 0.560. The van der Waals surface area contributed by atoms with Crippen molar-refractivity contribution in [3.05, 3.63) is 29.8 Å². The number of rotatable bonds is 5. The molecule has 0 radical (unpaired) electrons. The van der Waals surface area contributed by atoms with Crippen molar-refractivity contribution in [3.63, 3.8) is 0 Å². The molecule has 1 aromatic carbocycles. The molecule has 0 aliphatic rings. The lowest BCUT2D eigenvalue weighted by molar-refractivity contribution is 0.191. The van der Waals surface area contributed by atoms with Crippen molar-refractivity contribution in [2.24, 2.45) is 0 Å². The van der Waals surface area contributed by atoms with Crippen LogP contribution >= 0.6 is 0 Å². The van der Waals surface area contributed by atoms with Gasteiger partial charge in [0.2, 0.25) is 0 Å². The summed E-state index contributed by atoms with van der Waals surface area (Å²) >= 11 is 0. The van der Waals surface area contributed by atoms with Crippen LogP contribution < -0.4 is 5.32 Å². The number of aliphatic hydroxyl groups is 1. The molecular formula is C11H17NO3S. The number of benzene rings is 1. The van der Waals surface area contributed by atoms with Gasteiger partial charge in [-0.2, -0.15) is 0 Å². The summed E-state index contributed by atoms with van der Waals surface area (Å²) in [6.45, 7) is 2.85. The Hall–Kier alpha value is -0.910. The summed E-state index contributed by atoms with van der Waals surface area (Å²) in [6, 6.07) is 6.72. The van der Waals surface area contributed by atoms with Crippen LogP contribution in [0.1, 0.15) is 12.5 Å². The molecule has 5 heteroatoms. The molecule has 0 heterocycles. The van der Waals surface area contributed by atoms with Crippen LogP contribution in [0.15, 0.2) is 29.2 Å². The highest BCUT2D eigenvalue weighted by Crippen LogP contribution is 2.09. The maximum Gasteiger partial charge on any atom is 0.175 e. The van der Waals surface area contributed by atoms with Crippen LogP contribution in [0.4, 0.5) is 0 Å². The Kier molecular flexibility index (Phi) is 4.46. The third-order valence-electron chi connectivity index (χ3n) is 2.12. The van der Waals surface area contributed by atoms with Gasteiger partial charge in [0.05, 0.1) is 11.0 Å². The number of nitrogens with one attached hydrogen (secondary N) is 1. The molecule has 0 unspecified atom stereocenters. The third-order valence-corrected chi connectivity index (χ3v) is 3.25. The zero-order valence-corrected chi connectivity index (χ0v) is 10.3. The fourth-order valence-corrected chi connectivity index (χ4v) is 1.91. The first-order valence-electron chi connectivity index (χ1n) is 5.07. The molecule has 0 fully saturated rings. The lowest BCUT2D eigenvalue weighted by Crippen LogP contribution is -2.23. The monoisotopic (exact) mass is 243 g/mol. The van der Waals surface area contributed by atoms with E-state index in [-0.39, 0.29) is 6.10 Å². The average Bonchev–Trinajstić information content (AvgIpc) is 2.16. The van der Waals surface area contributed by atoms with Crippen molar-refractivity contribution in [1.29, 1.82) is 0 Å². The van der Waals surface area contributed by atoms with E-state index in [1.807, 2.05) is 0 Å². The molecule has 0 aliphatic heterocycles. The summed E-state index contributed by atoms with van der Waals surface area (Å²) in [5, 5.41) is 12.1. The van der Waals surface area contributed by atoms with Gasteiger partial charge in [0.1, 0.15) is 0 Å². The zero-order valence-electron chi connectivity index (χ0n) is 9.47. The molecular weight excluding hydrogens is 226 g/mol. The highest BCUT2D eigenvalue weighted by molar-refractivity contribution is 7.90. The highest BCUT2D eigenvalue weighted by Gasteiger charge is 2.05. The van der Waals surface area contributed by atoms with Gasteiger partial charge >= 0.3 is 0 Å². The van der Waals surface area contributed by atoms with Gasteiger partial charge in [0.15, 0.2) is 9.84 Å². The second kappa shape index (κ2) is 5.43. The summed E-state index contributed by atoms with van der Waals surface area (Å²) < 4.78 is 22.4. The summed E-state index contributed by atoms with van der Waals surface area (Å²) in [4.78, 5) is 0.326. The van der Waals surface area contributed by atoms with E-state index in [1.165, 1.54) is 6.26 Å². The van der Waals surface area contributed by atoms with E-state index in [2.05, 4.69) is 5.32 Å². The highest BCUT2D eigenvalue weighted by atomic mass is 32.2. The molecule has 16 heavy (non-hydrogen) atoms. The lowest BCUT2D eigenvalue weighted by atomic mass is 10.2. The average molecular weight is 243 g/mol. The van der Waals surface area contributed by atoms with Crippen molar-refractivity contribution in [2.45, 2.75) is 24.5 Å². The van der Waals surface area contributed by atoms with Gasteiger partial charge in [0, 0.05) is 19.3 Å². The van der Waals surface area contributed by atoms with Gasteiger partial charge in [-0.25, -0.2) is 8.42 Å². The standard InChI is InChI=1S/C11H17NO3S/c1-9(13)7-12-8-10-3-5-11(6-4-10)16(2,14)15/h3-6,9,12-13H,7-8H2,1-2H3/t9-/m0/s1. The molecule has 4 nitrogen and oxygen atoms in total. The minimum absolute atomic E-state index is 0.326. The van der Waals surface area contributed by atoms with Crippen molar-refractivity contribution < 1.29 is 13.5 Å². The van der Waals surface area contributed by atoms with Gasteiger partial charge in [-0.3, -0.25) is 0 Å². The van der Waals surface area contributed by atoms with E-state index in [4.69, 9.17) is 5.11 Å². The first-order valence-corrected chi connectivity index (χ1v) is 6.96. The second-order valence-electron chi connectivity index (χ2n) is 3.90. The van der Waals surface area contributed by atoms with Crippen LogP contribution in [0.2, 0.25) is 0 Å². The Morgan fingerprint density at radius 2 is 1.88 bits per heavy atom. The quantitative estimate of drug-likeness (QED) is 0.793. The molecule has 1 atom stereocenters. The maximum absolute atomic E-state index is 11.2. The fraction of sp³-hybridized carbons (Fsp3) is 0.455. The number of hydrogen-bond acceptors (Lipinski definition) is 4. The summed E-state index contributed by atoms with van der Waals surface area (Å²) in [6.07, 6.45) is 0.809. The third kappa shape index (κ3) is 4.30. The van der Waals surface area contributed by atoms with Crippen LogP contribution in [-0.4, -0.2) is 32.4 Å². The Balaban J connectivity index is 2.59. The SMILES string of the molecule is C[C@H](O)CNCc1ccc(S(C)(=O)=O)cc1. The van der Waals surface area contributed by atoms with Gasteiger partial charge < -0.3 is 10.4 Å². The fourth-order valence-electron chi connectivity index (χ4n) is 1.28. The van der Waals surface area contributed by atoms with E-state index >= 15 is 0 Å². The summed E-state index contributed by atoms with van der Waals surface area (Å²) in [5.41, 5.74) is 0.994. The summed E-state index contributed by atoms with van der Waals surface area (Å²) in [7, 11) is -3.11. The van der Waals surface area contributed by atoms with Crippen LogP contribution in [0, 0.1) is 0 Å². The van der Waals surface area contributed by atoms with Crippen molar-refractivity contribution in [1.82, 2.24) is 5.32 Å². The Morgan fingerprint density at radius 3 is 2.31 bits per heavy atom. The van der Waals surface area contributed by atoms with Gasteiger partial charge in [-0.1, -0.05) is 12.1 Å². The molecule has 90 valence electrons. The molecule has 1 rings (SSSR count). The molecule has 0 spiro atoms. The molecule has 0 bridgehead atoms. The molecule has 0 aliphatic carbocycles. The number of hydrogen-bond donors (Lipinski definition) is 2. The lowest BCUT2D eigenvalue weighted by Gasteiger charge is -2.07. The van der Waals surface area contributed by atoms with E-state index in [0.29, 0.717) is 18.0 Å².